The molecule has 0 aliphatic heterocycles. The summed E-state index contributed by atoms with van der Waals surface area (Å²) in [5, 5.41) is 0. The molecule has 0 heterocycles. The zero-order valence-corrected chi connectivity index (χ0v) is 11.0. The molecule has 0 radical (unpaired) electrons. The number of benzene rings is 1. The lowest BCUT2D eigenvalue weighted by molar-refractivity contribution is 0.464. The maximum absolute atomic E-state index is 13.6. The summed E-state index contributed by atoms with van der Waals surface area (Å²) in [6, 6.07) is 7.17. The molecule has 2 unspecified atom stereocenters. The molecule has 2 atom stereocenters. The lowest BCUT2D eigenvalue weighted by Gasteiger charge is -2.20. The summed E-state index contributed by atoms with van der Waals surface area (Å²) < 4.78 is 13.6. The molecular weight excluding hydrogens is 267 g/mol. The minimum atomic E-state index is -0.0496. The molecule has 1 aliphatic carbocycles. The first kappa shape index (κ1) is 12.1. The first-order valence-corrected chi connectivity index (χ1v) is 7.06. The standard InChI is InChI=1S/C14H18BrF/c15-13-8-3-1-2-6-11(13)10-12-7-4-5-9-14(12)16/h4-5,7,9,11,13H,1-3,6,8,10H2. The molecule has 0 saturated heterocycles. The highest BCUT2D eigenvalue weighted by atomic mass is 79.9. The second kappa shape index (κ2) is 5.81. The number of hydrogen-bond acceptors (Lipinski definition) is 0. The van der Waals surface area contributed by atoms with Crippen LogP contribution in [0.15, 0.2) is 24.3 Å². The first-order valence-electron chi connectivity index (χ1n) is 6.15. The maximum atomic E-state index is 13.6. The lowest BCUT2D eigenvalue weighted by atomic mass is 9.92. The smallest absolute Gasteiger partial charge is 0.126 e. The third-order valence-corrected chi connectivity index (χ3v) is 4.71. The van der Waals surface area contributed by atoms with Crippen LogP contribution in [0.25, 0.3) is 0 Å². The van der Waals surface area contributed by atoms with Crippen molar-refractivity contribution >= 4 is 15.9 Å². The zero-order chi connectivity index (χ0) is 11.4. The van der Waals surface area contributed by atoms with Crippen molar-refractivity contribution in [3.05, 3.63) is 35.6 Å². The normalized spacial score (nSPS) is 26.4. The minimum Gasteiger partial charge on any atom is -0.207 e. The molecule has 2 heteroatoms. The van der Waals surface area contributed by atoms with Gasteiger partial charge in [-0.05, 0) is 36.8 Å². The van der Waals surface area contributed by atoms with Gasteiger partial charge in [0.15, 0.2) is 0 Å². The molecule has 0 N–H and O–H groups in total. The van der Waals surface area contributed by atoms with Gasteiger partial charge < -0.3 is 0 Å². The third-order valence-electron chi connectivity index (χ3n) is 3.51. The Balaban J connectivity index is 2.05. The zero-order valence-electron chi connectivity index (χ0n) is 9.46. The van der Waals surface area contributed by atoms with Gasteiger partial charge in [0.25, 0.3) is 0 Å². The van der Waals surface area contributed by atoms with Crippen molar-refractivity contribution in [2.45, 2.75) is 43.4 Å². The Morgan fingerprint density at radius 1 is 1.12 bits per heavy atom. The van der Waals surface area contributed by atoms with Crippen LogP contribution in [0.4, 0.5) is 4.39 Å². The molecular formula is C14H18BrF. The third kappa shape index (κ3) is 3.07. The molecule has 0 amide bonds. The quantitative estimate of drug-likeness (QED) is 0.545. The Morgan fingerprint density at radius 3 is 2.69 bits per heavy atom. The van der Waals surface area contributed by atoms with Crippen LogP contribution in [-0.2, 0) is 6.42 Å². The molecule has 1 aromatic carbocycles. The predicted octanol–water partition coefficient (Wildman–Crippen LogP) is 4.71. The number of hydrogen-bond donors (Lipinski definition) is 0. The van der Waals surface area contributed by atoms with E-state index in [1.54, 1.807) is 12.1 Å². The second-order valence-corrected chi connectivity index (χ2v) is 5.89. The Morgan fingerprint density at radius 2 is 1.88 bits per heavy atom. The molecule has 1 saturated carbocycles. The summed E-state index contributed by atoms with van der Waals surface area (Å²) in [6.45, 7) is 0. The number of rotatable bonds is 2. The van der Waals surface area contributed by atoms with Crippen LogP contribution >= 0.6 is 15.9 Å². The SMILES string of the molecule is Fc1ccccc1CC1CCCCCC1Br. The van der Waals surface area contributed by atoms with Crippen LogP contribution in [-0.4, -0.2) is 4.83 Å². The summed E-state index contributed by atoms with van der Waals surface area (Å²) >= 11 is 3.76. The highest BCUT2D eigenvalue weighted by Crippen LogP contribution is 2.31. The van der Waals surface area contributed by atoms with E-state index in [2.05, 4.69) is 15.9 Å². The van der Waals surface area contributed by atoms with Gasteiger partial charge in [0, 0.05) is 4.83 Å². The van der Waals surface area contributed by atoms with Crippen molar-refractivity contribution in [3.63, 3.8) is 0 Å². The summed E-state index contributed by atoms with van der Waals surface area (Å²) in [6.07, 6.45) is 7.27. The summed E-state index contributed by atoms with van der Waals surface area (Å²) in [4.78, 5) is 0.564. The van der Waals surface area contributed by atoms with E-state index < -0.39 is 0 Å². The average molecular weight is 285 g/mol. The topological polar surface area (TPSA) is 0 Å². The maximum Gasteiger partial charge on any atom is 0.126 e. The van der Waals surface area contributed by atoms with E-state index in [1.165, 1.54) is 32.1 Å². The number of alkyl halides is 1. The molecule has 1 aromatic rings. The van der Waals surface area contributed by atoms with Gasteiger partial charge in [-0.3, -0.25) is 0 Å². The van der Waals surface area contributed by atoms with E-state index in [4.69, 9.17) is 0 Å². The fourth-order valence-corrected chi connectivity index (χ4v) is 3.29. The van der Waals surface area contributed by atoms with Crippen LogP contribution < -0.4 is 0 Å². The van der Waals surface area contributed by atoms with Crippen LogP contribution in [0.3, 0.4) is 0 Å². The highest BCUT2D eigenvalue weighted by Gasteiger charge is 2.22. The lowest BCUT2D eigenvalue weighted by Crippen LogP contribution is -2.16. The summed E-state index contributed by atoms with van der Waals surface area (Å²) in [5.41, 5.74) is 0.874. The highest BCUT2D eigenvalue weighted by molar-refractivity contribution is 9.09. The van der Waals surface area contributed by atoms with Crippen molar-refractivity contribution in [2.75, 3.05) is 0 Å². The van der Waals surface area contributed by atoms with Gasteiger partial charge in [-0.15, -0.1) is 0 Å². The Kier molecular flexibility index (Phi) is 4.39. The van der Waals surface area contributed by atoms with E-state index in [0.717, 1.165) is 12.0 Å². The molecule has 0 bridgehead atoms. The monoisotopic (exact) mass is 284 g/mol. The van der Waals surface area contributed by atoms with E-state index >= 15 is 0 Å². The molecule has 0 aromatic heterocycles. The number of halogens is 2. The Labute approximate surface area is 105 Å². The molecule has 0 nitrogen and oxygen atoms in total. The summed E-state index contributed by atoms with van der Waals surface area (Å²) in [5.74, 6) is 0.547. The van der Waals surface area contributed by atoms with Crippen molar-refractivity contribution in [1.29, 1.82) is 0 Å². The van der Waals surface area contributed by atoms with Crippen LogP contribution in [0.1, 0.15) is 37.7 Å². The summed E-state index contributed by atoms with van der Waals surface area (Å²) in [7, 11) is 0. The average Bonchev–Trinajstić information content (AvgIpc) is 2.48. The Bertz CT molecular complexity index is 337. The fourth-order valence-electron chi connectivity index (χ4n) is 2.52. The van der Waals surface area contributed by atoms with E-state index in [1.807, 2.05) is 12.1 Å². The van der Waals surface area contributed by atoms with Gasteiger partial charge in [0.05, 0.1) is 0 Å². The molecule has 88 valence electrons. The van der Waals surface area contributed by atoms with Crippen molar-refractivity contribution in [1.82, 2.24) is 0 Å². The molecule has 2 rings (SSSR count). The van der Waals surface area contributed by atoms with Crippen LogP contribution in [0.2, 0.25) is 0 Å². The van der Waals surface area contributed by atoms with Crippen LogP contribution in [0, 0.1) is 11.7 Å². The minimum absolute atomic E-state index is 0.0496. The fraction of sp³-hybridized carbons (Fsp3) is 0.571. The first-order chi connectivity index (χ1) is 7.77. The van der Waals surface area contributed by atoms with Crippen molar-refractivity contribution < 1.29 is 4.39 Å². The molecule has 1 aliphatic rings. The predicted molar refractivity (Wildman–Crippen MR) is 69.4 cm³/mol. The molecule has 1 fully saturated rings. The largest absolute Gasteiger partial charge is 0.207 e. The second-order valence-electron chi connectivity index (χ2n) is 4.71. The van der Waals surface area contributed by atoms with Gasteiger partial charge in [-0.2, -0.15) is 0 Å². The van der Waals surface area contributed by atoms with Crippen molar-refractivity contribution in [2.24, 2.45) is 5.92 Å². The van der Waals surface area contributed by atoms with E-state index in [0.29, 0.717) is 10.7 Å². The Hall–Kier alpha value is -0.370. The van der Waals surface area contributed by atoms with Crippen molar-refractivity contribution in [3.8, 4) is 0 Å². The van der Waals surface area contributed by atoms with Gasteiger partial charge in [-0.25, -0.2) is 4.39 Å². The van der Waals surface area contributed by atoms with Gasteiger partial charge in [0.1, 0.15) is 5.82 Å². The van der Waals surface area contributed by atoms with Gasteiger partial charge in [-0.1, -0.05) is 53.4 Å². The van der Waals surface area contributed by atoms with Gasteiger partial charge >= 0.3 is 0 Å². The van der Waals surface area contributed by atoms with E-state index in [9.17, 15) is 4.39 Å². The van der Waals surface area contributed by atoms with Gasteiger partial charge in [0.2, 0.25) is 0 Å². The molecule has 0 spiro atoms. The van der Waals surface area contributed by atoms with E-state index in [-0.39, 0.29) is 5.82 Å². The van der Waals surface area contributed by atoms with Crippen LogP contribution in [0.5, 0.6) is 0 Å². The molecule has 16 heavy (non-hydrogen) atoms.